The Morgan fingerprint density at radius 3 is 2.33 bits per heavy atom. The molecule has 0 bridgehead atoms. The summed E-state index contributed by atoms with van der Waals surface area (Å²) in [6, 6.07) is 7.02. The highest BCUT2D eigenvalue weighted by atomic mass is 16.7. The van der Waals surface area contributed by atoms with E-state index in [0.29, 0.717) is 5.56 Å². The molecule has 6 heteroatoms. The molecule has 1 aromatic carbocycles. The first-order chi connectivity index (χ1) is 9.68. The molecule has 1 fully saturated rings. The zero-order valence-electron chi connectivity index (χ0n) is 13.2. The van der Waals surface area contributed by atoms with Crippen LogP contribution in [0.1, 0.15) is 49.6 Å². The minimum atomic E-state index is -0.553. The van der Waals surface area contributed by atoms with Crippen molar-refractivity contribution in [3.63, 3.8) is 0 Å². The van der Waals surface area contributed by atoms with Gasteiger partial charge in [-0.05, 0) is 45.4 Å². The van der Waals surface area contributed by atoms with Crippen molar-refractivity contribution in [2.75, 3.05) is 7.11 Å². The van der Waals surface area contributed by atoms with E-state index >= 15 is 0 Å². The molecule has 0 radical (unpaired) electrons. The smallest absolute Gasteiger partial charge is 0.465 e. The van der Waals surface area contributed by atoms with Gasteiger partial charge in [-0.15, -0.1) is 0 Å². The van der Waals surface area contributed by atoms with Crippen molar-refractivity contribution in [2.45, 2.75) is 44.8 Å². The van der Waals surface area contributed by atoms with Crippen LogP contribution in [0.4, 0.5) is 0 Å². The molecule has 2 rings (SSSR count). The molecule has 1 aliphatic rings. The second kappa shape index (κ2) is 5.44. The maximum absolute atomic E-state index is 11.6. The Bertz CT molecular complexity index is 528. The Morgan fingerprint density at radius 1 is 1.24 bits per heavy atom. The van der Waals surface area contributed by atoms with E-state index in [0.717, 1.165) is 5.56 Å². The van der Waals surface area contributed by atoms with Crippen molar-refractivity contribution in [1.29, 1.82) is 0 Å². The van der Waals surface area contributed by atoms with Crippen LogP contribution in [-0.2, 0) is 14.0 Å². The van der Waals surface area contributed by atoms with E-state index in [-0.39, 0.29) is 0 Å². The normalized spacial score (nSPS) is 21.1. The number of ether oxygens (including phenoxy) is 1. The van der Waals surface area contributed by atoms with Gasteiger partial charge in [-0.25, -0.2) is 4.79 Å². The fourth-order valence-corrected chi connectivity index (χ4v) is 2.18. The molecule has 0 saturated carbocycles. The van der Waals surface area contributed by atoms with Crippen LogP contribution in [0.3, 0.4) is 0 Å². The van der Waals surface area contributed by atoms with Crippen molar-refractivity contribution in [3.05, 3.63) is 35.4 Å². The van der Waals surface area contributed by atoms with Crippen LogP contribution < -0.4 is 5.73 Å². The Hall–Kier alpha value is -1.37. The monoisotopic (exact) mass is 291 g/mol. The van der Waals surface area contributed by atoms with E-state index < -0.39 is 30.2 Å². The Labute approximate surface area is 125 Å². The molecular formula is C15H22BNO4. The highest BCUT2D eigenvalue weighted by Gasteiger charge is 2.53. The molecule has 0 aromatic heterocycles. The van der Waals surface area contributed by atoms with Gasteiger partial charge in [-0.2, -0.15) is 0 Å². The first-order valence-electron chi connectivity index (χ1n) is 6.97. The SMILES string of the molecule is COC(=O)c1cccc([C@@H](N)B2OC(C)(C)C(C)(C)O2)c1. The zero-order valence-corrected chi connectivity index (χ0v) is 13.2. The first-order valence-corrected chi connectivity index (χ1v) is 6.97. The summed E-state index contributed by atoms with van der Waals surface area (Å²) >= 11 is 0. The predicted molar refractivity (Wildman–Crippen MR) is 80.8 cm³/mol. The number of nitrogens with two attached hydrogens (primary N) is 1. The number of hydrogen-bond acceptors (Lipinski definition) is 5. The molecular weight excluding hydrogens is 269 g/mol. The molecule has 21 heavy (non-hydrogen) atoms. The fourth-order valence-electron chi connectivity index (χ4n) is 2.18. The van der Waals surface area contributed by atoms with Crippen molar-refractivity contribution in [2.24, 2.45) is 5.73 Å². The van der Waals surface area contributed by atoms with Crippen LogP contribution in [0.5, 0.6) is 0 Å². The third-order valence-electron chi connectivity index (χ3n) is 4.26. The highest BCUT2D eigenvalue weighted by molar-refractivity contribution is 6.47. The van der Waals surface area contributed by atoms with E-state index in [1.807, 2.05) is 33.8 Å². The number of hydrogen-bond donors (Lipinski definition) is 1. The quantitative estimate of drug-likeness (QED) is 0.682. The lowest BCUT2D eigenvalue weighted by Crippen LogP contribution is -2.41. The lowest BCUT2D eigenvalue weighted by molar-refractivity contribution is 0.00578. The maximum Gasteiger partial charge on any atom is 0.480 e. The van der Waals surface area contributed by atoms with Gasteiger partial charge >= 0.3 is 13.1 Å². The summed E-state index contributed by atoms with van der Waals surface area (Å²) in [6.45, 7) is 7.91. The number of rotatable bonds is 3. The average molecular weight is 291 g/mol. The second-order valence-corrected chi connectivity index (χ2v) is 6.27. The summed E-state index contributed by atoms with van der Waals surface area (Å²) < 4.78 is 16.6. The summed E-state index contributed by atoms with van der Waals surface area (Å²) in [5, 5.41) is 0. The van der Waals surface area contributed by atoms with Crippen LogP contribution in [0, 0.1) is 0 Å². The Kier molecular flexibility index (Phi) is 4.15. The molecule has 1 atom stereocenters. The minimum absolute atomic E-state index is 0.391. The number of methoxy groups -OCH3 is 1. The maximum atomic E-state index is 11.6. The van der Waals surface area contributed by atoms with E-state index in [1.165, 1.54) is 7.11 Å². The molecule has 0 spiro atoms. The molecule has 1 saturated heterocycles. The van der Waals surface area contributed by atoms with Gasteiger partial charge in [0.2, 0.25) is 0 Å². The molecule has 0 unspecified atom stereocenters. The number of carbonyl (C=O) groups excluding carboxylic acids is 1. The van der Waals surface area contributed by atoms with E-state index in [9.17, 15) is 4.79 Å². The molecule has 5 nitrogen and oxygen atoms in total. The van der Waals surface area contributed by atoms with Gasteiger partial charge in [0.1, 0.15) is 0 Å². The predicted octanol–water partition coefficient (Wildman–Crippen LogP) is 2.10. The van der Waals surface area contributed by atoms with Crippen LogP contribution in [0.15, 0.2) is 24.3 Å². The summed E-state index contributed by atoms with van der Waals surface area (Å²) in [5.41, 5.74) is 6.61. The highest BCUT2D eigenvalue weighted by Crippen LogP contribution is 2.39. The number of carbonyl (C=O) groups is 1. The zero-order chi connectivity index (χ0) is 15.8. The van der Waals surface area contributed by atoms with Crippen molar-refractivity contribution in [1.82, 2.24) is 0 Å². The summed E-state index contributed by atoms with van der Waals surface area (Å²) in [4.78, 5) is 11.6. The minimum Gasteiger partial charge on any atom is -0.465 e. The van der Waals surface area contributed by atoms with Gasteiger partial charge in [0.05, 0.1) is 29.8 Å². The molecule has 2 N–H and O–H groups in total. The summed E-state index contributed by atoms with van der Waals surface area (Å²) in [6.07, 6.45) is 0. The molecule has 0 aliphatic carbocycles. The van der Waals surface area contributed by atoms with Gasteiger partial charge in [-0.3, -0.25) is 0 Å². The lowest BCUT2D eigenvalue weighted by Gasteiger charge is -2.32. The Morgan fingerprint density at radius 2 is 1.81 bits per heavy atom. The van der Waals surface area contributed by atoms with Gasteiger partial charge in [0.15, 0.2) is 0 Å². The van der Waals surface area contributed by atoms with Gasteiger partial charge in [0, 0.05) is 0 Å². The number of benzene rings is 1. The fraction of sp³-hybridized carbons (Fsp3) is 0.533. The average Bonchev–Trinajstić information content (AvgIpc) is 2.66. The van der Waals surface area contributed by atoms with E-state index in [2.05, 4.69) is 0 Å². The van der Waals surface area contributed by atoms with Gasteiger partial charge < -0.3 is 19.8 Å². The summed E-state index contributed by atoms with van der Waals surface area (Å²) in [5.74, 6) is -0.867. The summed E-state index contributed by atoms with van der Waals surface area (Å²) in [7, 11) is 0.797. The standard InChI is InChI=1S/C15H22BNO4/c1-14(2)15(3,4)21-16(20-14)12(17)10-7-6-8-11(9-10)13(18)19-5/h6-9,12H,17H2,1-5H3/t12-/m1/s1. The van der Waals surface area contributed by atoms with Crippen molar-refractivity contribution < 1.29 is 18.8 Å². The van der Waals surface area contributed by atoms with Crippen LogP contribution in [-0.4, -0.2) is 31.4 Å². The van der Waals surface area contributed by atoms with Gasteiger partial charge in [0.25, 0.3) is 0 Å². The third kappa shape index (κ3) is 2.97. The van der Waals surface area contributed by atoms with Crippen molar-refractivity contribution >= 4 is 13.1 Å². The van der Waals surface area contributed by atoms with Crippen LogP contribution in [0.2, 0.25) is 0 Å². The molecule has 1 aromatic rings. The lowest BCUT2D eigenvalue weighted by atomic mass is 9.74. The second-order valence-electron chi connectivity index (χ2n) is 6.27. The van der Waals surface area contributed by atoms with Crippen LogP contribution in [0.25, 0.3) is 0 Å². The van der Waals surface area contributed by atoms with E-state index in [4.69, 9.17) is 19.8 Å². The number of esters is 1. The topological polar surface area (TPSA) is 70.8 Å². The van der Waals surface area contributed by atoms with Gasteiger partial charge in [-0.1, -0.05) is 12.1 Å². The molecule has 1 heterocycles. The third-order valence-corrected chi connectivity index (χ3v) is 4.26. The van der Waals surface area contributed by atoms with Crippen molar-refractivity contribution in [3.8, 4) is 0 Å². The van der Waals surface area contributed by atoms with Crippen LogP contribution >= 0.6 is 0 Å². The Balaban J connectivity index is 2.22. The van der Waals surface area contributed by atoms with E-state index in [1.54, 1.807) is 18.2 Å². The largest absolute Gasteiger partial charge is 0.480 e. The molecule has 0 amide bonds. The molecule has 1 aliphatic heterocycles. The molecule has 114 valence electrons. The first kappa shape index (κ1) is 16.0.